The number of carbonyl (C=O) groups excluding carboxylic acids is 1. The van der Waals surface area contributed by atoms with Crippen LogP contribution >= 0.6 is 27.7 Å². The van der Waals surface area contributed by atoms with E-state index in [2.05, 4.69) is 64.9 Å². The number of hydrogen-bond donors (Lipinski definition) is 2. The summed E-state index contributed by atoms with van der Waals surface area (Å²) in [7, 11) is 0. The van der Waals surface area contributed by atoms with Gasteiger partial charge < -0.3 is 15.5 Å². The van der Waals surface area contributed by atoms with Gasteiger partial charge in [0.1, 0.15) is 18.2 Å². The number of benzene rings is 2. The molecule has 5 rings (SSSR count). The molecule has 10 heteroatoms. The van der Waals surface area contributed by atoms with Gasteiger partial charge in [-0.05, 0) is 48.2 Å². The molecule has 1 fully saturated rings. The smallest absolute Gasteiger partial charge is 0.239 e. The fraction of sp³-hybridized carbons (Fsp3) is 0.250. The van der Waals surface area contributed by atoms with Gasteiger partial charge in [-0.2, -0.15) is 0 Å². The van der Waals surface area contributed by atoms with E-state index in [1.54, 1.807) is 11.8 Å². The number of nitrogens with one attached hydrogen (secondary N) is 2. The van der Waals surface area contributed by atoms with Crippen LogP contribution < -0.4 is 15.5 Å². The van der Waals surface area contributed by atoms with Gasteiger partial charge in [-0.25, -0.2) is 14.6 Å². The van der Waals surface area contributed by atoms with Gasteiger partial charge in [0.15, 0.2) is 5.65 Å². The molecule has 3 heterocycles. The number of hydrogen-bond acceptors (Lipinski definition) is 7. The van der Waals surface area contributed by atoms with Crippen molar-refractivity contribution in [2.24, 2.45) is 0 Å². The molecule has 4 aromatic rings. The van der Waals surface area contributed by atoms with Crippen molar-refractivity contribution in [3.05, 3.63) is 71.1 Å². The van der Waals surface area contributed by atoms with Gasteiger partial charge in [-0.15, -0.1) is 16.9 Å². The number of carbonyl (C=O) groups is 1. The van der Waals surface area contributed by atoms with Crippen molar-refractivity contribution in [1.82, 2.24) is 30.4 Å². The number of piperazine rings is 1. The van der Waals surface area contributed by atoms with Crippen LogP contribution in [-0.4, -0.2) is 57.6 Å². The molecular formula is C24H24BrN7OS. The Morgan fingerprint density at radius 2 is 1.97 bits per heavy atom. The first-order valence-corrected chi connectivity index (χ1v) is 13.0. The maximum Gasteiger partial charge on any atom is 0.239 e. The predicted molar refractivity (Wildman–Crippen MR) is 138 cm³/mol. The highest BCUT2D eigenvalue weighted by Crippen LogP contribution is 2.25. The first-order valence-electron chi connectivity index (χ1n) is 11.0. The molecule has 2 N–H and O–H groups in total. The minimum Gasteiger partial charge on any atom is -0.353 e. The van der Waals surface area contributed by atoms with Crippen LogP contribution in [0, 0.1) is 0 Å². The minimum absolute atomic E-state index is 0.0190. The van der Waals surface area contributed by atoms with Gasteiger partial charge in [0.2, 0.25) is 5.91 Å². The van der Waals surface area contributed by atoms with Crippen molar-refractivity contribution in [3.8, 4) is 5.69 Å². The van der Waals surface area contributed by atoms with E-state index in [9.17, 15) is 4.79 Å². The summed E-state index contributed by atoms with van der Waals surface area (Å²) in [6, 6.07) is 15.8. The van der Waals surface area contributed by atoms with E-state index < -0.39 is 0 Å². The van der Waals surface area contributed by atoms with Crippen molar-refractivity contribution in [3.63, 3.8) is 0 Å². The van der Waals surface area contributed by atoms with E-state index in [-0.39, 0.29) is 11.9 Å². The molecule has 0 saturated carbocycles. The average Bonchev–Trinajstić information content (AvgIpc) is 3.32. The number of anilines is 1. The first kappa shape index (κ1) is 22.8. The SMILES string of the molecule is CSc1ccc(CNC(=O)C2CN(c3ncnc4nn(-c5ccc(Br)cc5)cc34)CCN2)cc1. The van der Waals surface area contributed by atoms with Crippen molar-refractivity contribution in [1.29, 1.82) is 0 Å². The molecule has 0 aliphatic carbocycles. The maximum absolute atomic E-state index is 12.9. The van der Waals surface area contributed by atoms with Crippen LogP contribution in [0.15, 0.2) is 70.4 Å². The number of amides is 1. The zero-order valence-electron chi connectivity index (χ0n) is 18.6. The van der Waals surface area contributed by atoms with Crippen LogP contribution in [0.4, 0.5) is 5.82 Å². The number of aromatic nitrogens is 4. The lowest BCUT2D eigenvalue weighted by Crippen LogP contribution is -2.57. The molecule has 1 saturated heterocycles. The van der Waals surface area contributed by atoms with E-state index in [0.29, 0.717) is 25.3 Å². The third-order valence-electron chi connectivity index (χ3n) is 5.80. The molecule has 1 aliphatic heterocycles. The molecule has 0 bridgehead atoms. The van der Waals surface area contributed by atoms with Crippen molar-refractivity contribution >= 4 is 50.5 Å². The standard InChI is InChI=1S/C24H24BrN7OS/c1-34-19-8-2-16(3-9-19)12-27-24(33)21-14-31(11-10-26-21)23-20-13-32(30-22(20)28-15-29-23)18-6-4-17(25)5-7-18/h2-9,13,15,21,26H,10-12,14H2,1H3,(H,27,33). The highest BCUT2D eigenvalue weighted by atomic mass is 79.9. The normalized spacial score (nSPS) is 16.1. The third-order valence-corrected chi connectivity index (χ3v) is 7.08. The quantitative estimate of drug-likeness (QED) is 0.364. The summed E-state index contributed by atoms with van der Waals surface area (Å²) < 4.78 is 2.82. The van der Waals surface area contributed by atoms with E-state index in [4.69, 9.17) is 0 Å². The summed E-state index contributed by atoms with van der Waals surface area (Å²) in [4.78, 5) is 25.1. The molecule has 1 amide bonds. The summed E-state index contributed by atoms with van der Waals surface area (Å²) in [6.45, 7) is 2.46. The number of nitrogens with zero attached hydrogens (tertiary/aromatic N) is 5. The van der Waals surface area contributed by atoms with E-state index in [1.165, 1.54) is 11.2 Å². The first-order chi connectivity index (χ1) is 16.6. The Bertz CT molecular complexity index is 1290. The van der Waals surface area contributed by atoms with Gasteiger partial charge >= 0.3 is 0 Å². The Hall–Kier alpha value is -2.95. The van der Waals surface area contributed by atoms with E-state index in [1.807, 2.05) is 47.3 Å². The summed E-state index contributed by atoms with van der Waals surface area (Å²) in [6.07, 6.45) is 5.53. The largest absolute Gasteiger partial charge is 0.353 e. The molecule has 2 aromatic carbocycles. The van der Waals surface area contributed by atoms with Crippen molar-refractivity contribution in [2.75, 3.05) is 30.8 Å². The number of halogens is 1. The minimum atomic E-state index is -0.328. The third kappa shape index (κ3) is 4.94. The fourth-order valence-electron chi connectivity index (χ4n) is 3.98. The van der Waals surface area contributed by atoms with Crippen molar-refractivity contribution in [2.45, 2.75) is 17.5 Å². The topological polar surface area (TPSA) is 88.0 Å². The fourth-order valence-corrected chi connectivity index (χ4v) is 4.65. The zero-order chi connectivity index (χ0) is 23.5. The lowest BCUT2D eigenvalue weighted by Gasteiger charge is -2.33. The number of fused-ring (bicyclic) bond motifs is 1. The molecule has 0 spiro atoms. The summed E-state index contributed by atoms with van der Waals surface area (Å²) in [5.74, 6) is 0.773. The summed E-state index contributed by atoms with van der Waals surface area (Å²) in [5.41, 5.74) is 2.65. The lowest BCUT2D eigenvalue weighted by atomic mass is 10.1. The molecular weight excluding hydrogens is 514 g/mol. The predicted octanol–water partition coefficient (Wildman–Crippen LogP) is 3.39. The van der Waals surface area contributed by atoms with Gasteiger partial charge in [-0.3, -0.25) is 4.79 Å². The monoisotopic (exact) mass is 537 g/mol. The van der Waals surface area contributed by atoms with Crippen LogP contribution in [0.25, 0.3) is 16.7 Å². The van der Waals surface area contributed by atoms with Crippen LogP contribution in [-0.2, 0) is 11.3 Å². The second kappa shape index (κ2) is 10.1. The molecule has 174 valence electrons. The maximum atomic E-state index is 12.9. The van der Waals surface area contributed by atoms with E-state index >= 15 is 0 Å². The molecule has 2 aromatic heterocycles. The van der Waals surface area contributed by atoms with Crippen LogP contribution in [0.2, 0.25) is 0 Å². The Morgan fingerprint density at radius 1 is 1.18 bits per heavy atom. The molecule has 34 heavy (non-hydrogen) atoms. The number of thioether (sulfide) groups is 1. The Kier molecular flexibility index (Phi) is 6.80. The highest BCUT2D eigenvalue weighted by Gasteiger charge is 2.27. The van der Waals surface area contributed by atoms with Gasteiger partial charge in [-0.1, -0.05) is 28.1 Å². The average molecular weight is 538 g/mol. The van der Waals surface area contributed by atoms with Crippen LogP contribution in [0.3, 0.4) is 0 Å². The second-order valence-corrected chi connectivity index (χ2v) is 9.80. The summed E-state index contributed by atoms with van der Waals surface area (Å²) in [5, 5.41) is 11.9. The Morgan fingerprint density at radius 3 is 2.74 bits per heavy atom. The molecule has 8 nitrogen and oxygen atoms in total. The van der Waals surface area contributed by atoms with Crippen LogP contribution in [0.1, 0.15) is 5.56 Å². The van der Waals surface area contributed by atoms with Crippen molar-refractivity contribution < 1.29 is 4.79 Å². The summed E-state index contributed by atoms with van der Waals surface area (Å²) >= 11 is 5.17. The molecule has 1 unspecified atom stereocenters. The zero-order valence-corrected chi connectivity index (χ0v) is 21.0. The van der Waals surface area contributed by atoms with Crippen LogP contribution in [0.5, 0.6) is 0 Å². The molecule has 1 atom stereocenters. The molecule has 1 aliphatic rings. The van der Waals surface area contributed by atoms with Gasteiger partial charge in [0.25, 0.3) is 0 Å². The van der Waals surface area contributed by atoms with Gasteiger partial charge in [0, 0.05) is 41.7 Å². The Labute approximate surface area is 210 Å². The van der Waals surface area contributed by atoms with Gasteiger partial charge in [0.05, 0.1) is 11.1 Å². The van der Waals surface area contributed by atoms with E-state index in [0.717, 1.165) is 33.5 Å². The highest BCUT2D eigenvalue weighted by molar-refractivity contribution is 9.10. The lowest BCUT2D eigenvalue weighted by molar-refractivity contribution is -0.123. The Balaban J connectivity index is 1.30. The second-order valence-electron chi connectivity index (χ2n) is 8.00. The number of rotatable bonds is 6. The molecule has 0 radical (unpaired) electrons.